The van der Waals surface area contributed by atoms with E-state index in [-0.39, 0.29) is 18.9 Å². The van der Waals surface area contributed by atoms with Gasteiger partial charge in [0.15, 0.2) is 18.9 Å². The molecule has 17 unspecified atom stereocenters. The molecule has 402 valence electrons. The minimum atomic E-state index is -1.98. The van der Waals surface area contributed by atoms with Gasteiger partial charge in [0.1, 0.15) is 73.2 Å². The maximum Gasteiger partial charge on any atom is 0.220 e. The first-order valence-corrected chi connectivity index (χ1v) is 25.7. The maximum absolute atomic E-state index is 13.2. The molecule has 12 N–H and O–H groups in total. The largest absolute Gasteiger partial charge is 0.394 e. The monoisotopic (exact) mass is 992 g/mol. The molecule has 3 aliphatic heterocycles. The van der Waals surface area contributed by atoms with Crippen molar-refractivity contribution in [2.45, 2.75) is 247 Å². The minimum Gasteiger partial charge on any atom is -0.394 e. The van der Waals surface area contributed by atoms with E-state index in [0.29, 0.717) is 12.8 Å². The van der Waals surface area contributed by atoms with Crippen LogP contribution in [0.25, 0.3) is 0 Å². The quantitative estimate of drug-likeness (QED) is 0.0318. The van der Waals surface area contributed by atoms with Gasteiger partial charge in [-0.1, -0.05) is 115 Å². The number of amides is 1. The lowest BCUT2D eigenvalue weighted by Gasteiger charge is -2.48. The summed E-state index contributed by atoms with van der Waals surface area (Å²) in [4.78, 5) is 13.2. The summed E-state index contributed by atoms with van der Waals surface area (Å²) in [5.74, 6) is -0.300. The zero-order valence-electron chi connectivity index (χ0n) is 41.0. The van der Waals surface area contributed by atoms with Crippen LogP contribution in [0.3, 0.4) is 0 Å². The summed E-state index contributed by atoms with van der Waals surface area (Å²) in [6.45, 7) is 1.60. The van der Waals surface area contributed by atoms with Crippen LogP contribution < -0.4 is 5.32 Å². The molecule has 0 radical (unpaired) electrons. The van der Waals surface area contributed by atoms with Crippen molar-refractivity contribution >= 4 is 5.91 Å². The number of hydrogen-bond acceptors (Lipinski definition) is 18. The lowest BCUT2D eigenvalue weighted by molar-refractivity contribution is -0.379. The Balaban J connectivity index is 1.57. The fourth-order valence-electron chi connectivity index (χ4n) is 8.55. The maximum atomic E-state index is 13.2. The Morgan fingerprint density at radius 3 is 1.46 bits per heavy atom. The van der Waals surface area contributed by atoms with Gasteiger partial charge in [0.05, 0.1) is 38.6 Å². The van der Waals surface area contributed by atoms with Crippen LogP contribution in [0.1, 0.15) is 142 Å². The van der Waals surface area contributed by atoms with E-state index >= 15 is 0 Å². The van der Waals surface area contributed by atoms with Gasteiger partial charge < -0.3 is 89.9 Å². The summed E-state index contributed by atoms with van der Waals surface area (Å²) in [6.07, 6.45) is 5.91. The van der Waals surface area contributed by atoms with Gasteiger partial charge in [0.25, 0.3) is 0 Å². The summed E-state index contributed by atoms with van der Waals surface area (Å²) in [6, 6.07) is -0.989. The first kappa shape index (κ1) is 61.3. The Morgan fingerprint density at radius 2 is 0.928 bits per heavy atom. The van der Waals surface area contributed by atoms with Crippen molar-refractivity contribution in [2.75, 3.05) is 26.4 Å². The number of aliphatic hydroxyl groups excluding tert-OH is 11. The number of nitrogens with one attached hydrogen (secondary N) is 1. The predicted octanol–water partition coefficient (Wildman–Crippen LogP) is 1.81. The van der Waals surface area contributed by atoms with Crippen molar-refractivity contribution in [3.63, 3.8) is 0 Å². The molecule has 0 aromatic carbocycles. The van der Waals surface area contributed by atoms with Gasteiger partial charge in [-0.25, -0.2) is 0 Å². The van der Waals surface area contributed by atoms with E-state index < -0.39 is 124 Å². The molecule has 3 fully saturated rings. The Morgan fingerprint density at radius 1 is 0.507 bits per heavy atom. The third-order valence-corrected chi connectivity index (χ3v) is 12.9. The van der Waals surface area contributed by atoms with Crippen LogP contribution in [-0.4, -0.2) is 193 Å². The number of rotatable bonds is 35. The van der Waals surface area contributed by atoms with Gasteiger partial charge in [-0.2, -0.15) is 0 Å². The van der Waals surface area contributed by atoms with Crippen LogP contribution in [0.4, 0.5) is 0 Å². The number of carbonyl (C=O) groups is 1. The third kappa shape index (κ3) is 21.2. The molecule has 3 aliphatic rings. The van der Waals surface area contributed by atoms with Crippen LogP contribution in [-0.2, 0) is 33.2 Å². The summed E-state index contributed by atoms with van der Waals surface area (Å²) in [5.41, 5.74) is 0. The lowest BCUT2D eigenvalue weighted by Crippen LogP contribution is -2.66. The Bertz CT molecular complexity index is 1420. The molecule has 0 aromatic heterocycles. The van der Waals surface area contributed by atoms with Crippen LogP contribution in [0.2, 0.25) is 0 Å². The molecule has 3 saturated heterocycles. The molecule has 0 bridgehead atoms. The number of unbranched alkanes of at least 4 members (excludes halogenated alkanes) is 15. The lowest BCUT2D eigenvalue weighted by atomic mass is 9.96. The minimum absolute atomic E-state index is 0.225. The number of carbonyl (C=O) groups excluding carboxylic acids is 1. The smallest absolute Gasteiger partial charge is 0.220 e. The summed E-state index contributed by atoms with van der Waals surface area (Å²) >= 11 is 0. The molecule has 0 aliphatic carbocycles. The zero-order chi connectivity index (χ0) is 50.6. The van der Waals surface area contributed by atoms with Crippen molar-refractivity contribution < 1.29 is 89.4 Å². The number of ether oxygens (including phenoxy) is 6. The molecular formula is C50H89NO18. The van der Waals surface area contributed by atoms with Crippen LogP contribution in [0, 0.1) is 0 Å². The van der Waals surface area contributed by atoms with E-state index in [9.17, 15) is 61.0 Å². The molecule has 19 nitrogen and oxygen atoms in total. The van der Waals surface area contributed by atoms with Gasteiger partial charge in [0.2, 0.25) is 5.91 Å². The molecule has 0 aromatic rings. The molecule has 3 rings (SSSR count). The Kier molecular flexibility index (Phi) is 31.3. The van der Waals surface area contributed by atoms with E-state index in [4.69, 9.17) is 28.4 Å². The second-order valence-corrected chi connectivity index (χ2v) is 18.6. The molecule has 0 spiro atoms. The molecule has 17 atom stereocenters. The SMILES string of the molecule is CCCCCC/C=C/CC/C=C/C(O)C(COC1OC(CO)C(OC2OC(CO)C(OC3OC(CO)C(O)C(O)C3O)C(O)C2O)C(O)C1O)NC(=O)CCCCCCC/C=C\CCCCCCC. The number of hydrogen-bond donors (Lipinski definition) is 12. The van der Waals surface area contributed by atoms with E-state index in [0.717, 1.165) is 57.8 Å². The van der Waals surface area contributed by atoms with E-state index in [1.807, 2.05) is 6.08 Å². The van der Waals surface area contributed by atoms with Crippen molar-refractivity contribution in [1.82, 2.24) is 5.32 Å². The first-order valence-electron chi connectivity index (χ1n) is 25.7. The van der Waals surface area contributed by atoms with E-state index in [2.05, 4.69) is 43.5 Å². The molecule has 0 saturated carbocycles. The van der Waals surface area contributed by atoms with Gasteiger partial charge in [-0.05, 0) is 57.8 Å². The summed E-state index contributed by atoms with van der Waals surface area (Å²) in [7, 11) is 0. The van der Waals surface area contributed by atoms with Gasteiger partial charge >= 0.3 is 0 Å². The van der Waals surface area contributed by atoms with E-state index in [1.54, 1.807) is 6.08 Å². The molecule has 69 heavy (non-hydrogen) atoms. The van der Waals surface area contributed by atoms with E-state index in [1.165, 1.54) is 51.4 Å². The average Bonchev–Trinajstić information content (AvgIpc) is 3.34. The fourth-order valence-corrected chi connectivity index (χ4v) is 8.55. The number of aliphatic hydroxyl groups is 11. The Hall–Kier alpha value is -1.99. The fraction of sp³-hybridized carbons (Fsp3) is 0.860. The van der Waals surface area contributed by atoms with Gasteiger partial charge in [0, 0.05) is 6.42 Å². The third-order valence-electron chi connectivity index (χ3n) is 12.9. The highest BCUT2D eigenvalue weighted by Crippen LogP contribution is 2.33. The summed E-state index contributed by atoms with van der Waals surface area (Å²) in [5, 5.41) is 119. The average molecular weight is 992 g/mol. The van der Waals surface area contributed by atoms with Crippen molar-refractivity contribution in [2.24, 2.45) is 0 Å². The zero-order valence-corrected chi connectivity index (χ0v) is 41.0. The van der Waals surface area contributed by atoms with Crippen molar-refractivity contribution in [3.05, 3.63) is 36.5 Å². The predicted molar refractivity (Wildman–Crippen MR) is 254 cm³/mol. The highest BCUT2D eigenvalue weighted by Gasteiger charge is 2.53. The van der Waals surface area contributed by atoms with Crippen LogP contribution in [0.5, 0.6) is 0 Å². The second-order valence-electron chi connectivity index (χ2n) is 18.6. The van der Waals surface area contributed by atoms with Crippen molar-refractivity contribution in [3.8, 4) is 0 Å². The van der Waals surface area contributed by atoms with Crippen LogP contribution >= 0.6 is 0 Å². The first-order chi connectivity index (χ1) is 33.3. The van der Waals surface area contributed by atoms with Crippen LogP contribution in [0.15, 0.2) is 36.5 Å². The molecule has 1 amide bonds. The molecule has 3 heterocycles. The Labute approximate surface area is 409 Å². The van der Waals surface area contributed by atoms with Gasteiger partial charge in [-0.15, -0.1) is 0 Å². The molecule has 19 heteroatoms. The summed E-state index contributed by atoms with van der Waals surface area (Å²) < 4.78 is 34.0. The highest BCUT2D eigenvalue weighted by atomic mass is 16.8. The second kappa shape index (κ2) is 35.2. The topological polar surface area (TPSA) is 307 Å². The normalized spacial score (nSPS) is 33.1. The van der Waals surface area contributed by atoms with Gasteiger partial charge in [-0.3, -0.25) is 4.79 Å². The number of allylic oxidation sites excluding steroid dienone is 5. The molecular weight excluding hydrogens is 903 g/mol. The highest BCUT2D eigenvalue weighted by molar-refractivity contribution is 5.76. The standard InChI is InChI=1S/C50H89NO18/c1-3-5-7-9-11-13-15-16-17-18-20-22-24-26-28-38(56)51-33(34(55)27-25-23-21-19-14-12-10-8-6-4-2)32-64-48-44(62)41(59)46(36(30-53)66-48)69-50-45(63)42(60)47(37(31-54)67-50)68-49-43(61)40(58)39(57)35(29-52)65-49/h14-16,19,25,27,33-37,39-50,52-55,57-63H,3-13,17-18,20-24,26,28-32H2,1-2H3,(H,51,56)/b16-15-,19-14+,27-25+. The van der Waals surface area contributed by atoms with Crippen molar-refractivity contribution in [1.29, 1.82) is 0 Å².